The van der Waals surface area contributed by atoms with E-state index < -0.39 is 41.7 Å². The molecule has 10 heteroatoms. The van der Waals surface area contributed by atoms with Gasteiger partial charge in [0.1, 0.15) is 12.3 Å². The molecule has 1 atom stereocenters. The quantitative estimate of drug-likeness (QED) is 0.523. The van der Waals surface area contributed by atoms with Crippen LogP contribution >= 0.6 is 0 Å². The molecule has 0 spiro atoms. The van der Waals surface area contributed by atoms with E-state index >= 15 is 0 Å². The molecule has 0 aliphatic carbocycles. The third-order valence-corrected chi connectivity index (χ3v) is 5.17. The molecule has 4 amide bonds. The van der Waals surface area contributed by atoms with Gasteiger partial charge in [-0.1, -0.05) is 60.7 Å². The maximum absolute atomic E-state index is 14.1. The van der Waals surface area contributed by atoms with Crippen LogP contribution in [0.2, 0.25) is 0 Å². The molecular weight excluding hydrogens is 451 g/mol. The van der Waals surface area contributed by atoms with E-state index in [1.54, 1.807) is 53.8 Å². The molecule has 3 aromatic carbocycles. The first kappa shape index (κ1) is 22.8. The summed E-state index contributed by atoms with van der Waals surface area (Å²) in [6.45, 7) is -0.922. The molecule has 1 unspecified atom stereocenters. The molecule has 1 aliphatic rings. The van der Waals surface area contributed by atoms with Crippen LogP contribution in [-0.4, -0.2) is 35.5 Å². The van der Waals surface area contributed by atoms with Crippen LogP contribution < -0.4 is 15.4 Å². The van der Waals surface area contributed by atoms with E-state index in [2.05, 4.69) is 5.32 Å². The van der Waals surface area contributed by atoms with Gasteiger partial charge >= 0.3 is 12.2 Å². The number of hydrogen-bond donors (Lipinski definition) is 2. The molecule has 1 saturated heterocycles. The fourth-order valence-corrected chi connectivity index (χ4v) is 3.57. The van der Waals surface area contributed by atoms with Gasteiger partial charge in [0.15, 0.2) is 5.75 Å². The standard InChI is InChI=1S/C24H18F3N3O4/c25-24(26,27)23(16-9-3-1-4-10-16)21(32)30(22(33)29-23)15-20(31)28-18-13-7-8-14-19(18)34-17-11-5-2-6-12-17/h1-14H,15H2,(H,28,31)(H,29,33). The van der Waals surface area contributed by atoms with Gasteiger partial charge in [-0.25, -0.2) is 4.79 Å². The fourth-order valence-electron chi connectivity index (χ4n) is 3.57. The predicted octanol–water partition coefficient (Wildman–Crippen LogP) is 4.43. The van der Waals surface area contributed by atoms with Crippen molar-refractivity contribution in [3.8, 4) is 11.5 Å². The zero-order valence-corrected chi connectivity index (χ0v) is 17.5. The number of nitrogens with one attached hydrogen (secondary N) is 2. The second kappa shape index (κ2) is 8.89. The summed E-state index contributed by atoms with van der Waals surface area (Å²) in [5.74, 6) is -1.69. The molecule has 3 aromatic rings. The van der Waals surface area contributed by atoms with Crippen molar-refractivity contribution in [2.45, 2.75) is 11.7 Å². The maximum atomic E-state index is 14.1. The lowest BCUT2D eigenvalue weighted by Gasteiger charge is -2.29. The maximum Gasteiger partial charge on any atom is 0.425 e. The second-order valence-corrected chi connectivity index (χ2v) is 7.39. The third kappa shape index (κ3) is 4.17. The Bertz CT molecular complexity index is 1220. The highest BCUT2D eigenvalue weighted by Crippen LogP contribution is 2.43. The van der Waals surface area contributed by atoms with Crippen LogP contribution in [0.4, 0.5) is 23.7 Å². The first-order valence-corrected chi connectivity index (χ1v) is 10.1. The number of rotatable bonds is 6. The molecule has 1 fully saturated rings. The summed E-state index contributed by atoms with van der Waals surface area (Å²) in [5, 5.41) is 4.23. The van der Waals surface area contributed by atoms with Gasteiger partial charge < -0.3 is 15.4 Å². The Morgan fingerprint density at radius 2 is 1.50 bits per heavy atom. The number of anilines is 1. The Morgan fingerprint density at radius 1 is 0.912 bits per heavy atom. The molecule has 1 heterocycles. The highest BCUT2D eigenvalue weighted by molar-refractivity contribution is 6.11. The van der Waals surface area contributed by atoms with E-state index in [0.717, 1.165) is 12.1 Å². The lowest BCUT2D eigenvalue weighted by atomic mass is 9.89. The molecular formula is C24H18F3N3O4. The molecule has 7 nitrogen and oxygen atoms in total. The Hall–Kier alpha value is -4.34. The van der Waals surface area contributed by atoms with Crippen LogP contribution in [0, 0.1) is 0 Å². The average molecular weight is 469 g/mol. The molecule has 0 aromatic heterocycles. The van der Waals surface area contributed by atoms with Crippen LogP contribution in [0.1, 0.15) is 5.56 Å². The number of alkyl halides is 3. The number of amides is 4. The average Bonchev–Trinajstić information content (AvgIpc) is 3.07. The number of halogens is 3. The van der Waals surface area contributed by atoms with E-state index in [1.807, 2.05) is 0 Å². The zero-order valence-electron chi connectivity index (χ0n) is 17.5. The van der Waals surface area contributed by atoms with Crippen molar-refractivity contribution in [3.05, 3.63) is 90.5 Å². The van der Waals surface area contributed by atoms with Gasteiger partial charge in [-0.05, 0) is 29.8 Å². The van der Waals surface area contributed by atoms with Crippen molar-refractivity contribution in [2.75, 3.05) is 11.9 Å². The Labute approximate surface area is 192 Å². The number of imide groups is 1. The smallest absolute Gasteiger partial charge is 0.425 e. The molecule has 1 aliphatic heterocycles. The van der Waals surface area contributed by atoms with Gasteiger partial charge in [0, 0.05) is 0 Å². The highest BCUT2D eigenvalue weighted by Gasteiger charge is 2.68. The van der Waals surface area contributed by atoms with Crippen molar-refractivity contribution in [3.63, 3.8) is 0 Å². The Morgan fingerprint density at radius 3 is 2.15 bits per heavy atom. The highest BCUT2D eigenvalue weighted by atomic mass is 19.4. The lowest BCUT2D eigenvalue weighted by molar-refractivity contribution is -0.198. The first-order valence-electron chi connectivity index (χ1n) is 10.1. The van der Waals surface area contributed by atoms with E-state index in [4.69, 9.17) is 4.74 Å². The number of carbonyl (C=O) groups is 3. The van der Waals surface area contributed by atoms with Gasteiger partial charge in [-0.3, -0.25) is 14.5 Å². The molecule has 34 heavy (non-hydrogen) atoms. The first-order chi connectivity index (χ1) is 16.2. The summed E-state index contributed by atoms with van der Waals surface area (Å²) in [5.41, 5.74) is -3.51. The summed E-state index contributed by atoms with van der Waals surface area (Å²) in [6, 6.07) is 20.1. The molecule has 0 saturated carbocycles. The number of benzene rings is 3. The minimum absolute atomic E-state index is 0.216. The minimum atomic E-state index is -5.14. The van der Waals surface area contributed by atoms with Gasteiger partial charge in [-0.15, -0.1) is 0 Å². The van der Waals surface area contributed by atoms with Gasteiger partial charge in [-0.2, -0.15) is 13.2 Å². The summed E-state index contributed by atoms with van der Waals surface area (Å²) in [4.78, 5) is 38.2. The van der Waals surface area contributed by atoms with Gasteiger partial charge in [0.05, 0.1) is 5.69 Å². The Kier molecular flexibility index (Phi) is 5.97. The SMILES string of the molecule is O=C(CN1C(=O)NC(c2ccccc2)(C(F)(F)F)C1=O)Nc1ccccc1Oc1ccccc1. The van der Waals surface area contributed by atoms with Crippen LogP contribution in [-0.2, 0) is 15.1 Å². The molecule has 4 rings (SSSR count). The number of para-hydroxylation sites is 3. The van der Waals surface area contributed by atoms with E-state index in [0.29, 0.717) is 5.75 Å². The molecule has 174 valence electrons. The number of urea groups is 1. The summed E-state index contributed by atoms with van der Waals surface area (Å²) >= 11 is 0. The number of nitrogens with zero attached hydrogens (tertiary/aromatic N) is 1. The minimum Gasteiger partial charge on any atom is -0.455 e. The number of hydrogen-bond acceptors (Lipinski definition) is 4. The van der Waals surface area contributed by atoms with Crippen molar-refractivity contribution in [1.29, 1.82) is 0 Å². The second-order valence-electron chi connectivity index (χ2n) is 7.39. The molecule has 0 radical (unpaired) electrons. The zero-order chi connectivity index (χ0) is 24.3. The fraction of sp³-hybridized carbons (Fsp3) is 0.125. The predicted molar refractivity (Wildman–Crippen MR) is 116 cm³/mol. The number of carbonyl (C=O) groups excluding carboxylic acids is 3. The largest absolute Gasteiger partial charge is 0.455 e. The summed E-state index contributed by atoms with van der Waals surface area (Å²) in [6.07, 6.45) is -5.14. The normalized spacial score (nSPS) is 17.9. The summed E-state index contributed by atoms with van der Waals surface area (Å²) < 4.78 is 47.9. The monoisotopic (exact) mass is 469 g/mol. The molecule has 2 N–H and O–H groups in total. The lowest BCUT2D eigenvalue weighted by Crippen LogP contribution is -2.55. The van der Waals surface area contributed by atoms with E-state index in [1.165, 1.54) is 24.3 Å². The summed E-state index contributed by atoms with van der Waals surface area (Å²) in [7, 11) is 0. The van der Waals surface area contributed by atoms with Gasteiger partial charge in [0.2, 0.25) is 11.4 Å². The topological polar surface area (TPSA) is 87.7 Å². The van der Waals surface area contributed by atoms with E-state index in [-0.39, 0.29) is 16.3 Å². The van der Waals surface area contributed by atoms with Crippen LogP contribution in [0.25, 0.3) is 0 Å². The molecule has 0 bridgehead atoms. The van der Waals surface area contributed by atoms with Crippen LogP contribution in [0.5, 0.6) is 11.5 Å². The van der Waals surface area contributed by atoms with Gasteiger partial charge in [0.25, 0.3) is 5.91 Å². The van der Waals surface area contributed by atoms with Crippen LogP contribution in [0.15, 0.2) is 84.9 Å². The third-order valence-electron chi connectivity index (χ3n) is 5.17. The van der Waals surface area contributed by atoms with Crippen molar-refractivity contribution >= 4 is 23.5 Å². The Balaban J connectivity index is 1.55. The van der Waals surface area contributed by atoms with Crippen molar-refractivity contribution in [1.82, 2.24) is 10.2 Å². The van der Waals surface area contributed by atoms with Crippen LogP contribution in [0.3, 0.4) is 0 Å². The van der Waals surface area contributed by atoms with Crippen molar-refractivity contribution < 1.29 is 32.3 Å². The van der Waals surface area contributed by atoms with Crippen molar-refractivity contribution in [2.24, 2.45) is 0 Å². The van der Waals surface area contributed by atoms with E-state index in [9.17, 15) is 27.6 Å². The number of ether oxygens (including phenoxy) is 1.